The number of benzene rings is 2. The molecule has 4 rings (SSSR count). The van der Waals surface area contributed by atoms with Crippen molar-refractivity contribution in [1.29, 1.82) is 0 Å². The lowest BCUT2D eigenvalue weighted by atomic mass is 10.2. The van der Waals surface area contributed by atoms with Crippen LogP contribution in [0.15, 0.2) is 70.5 Å². The summed E-state index contributed by atoms with van der Waals surface area (Å²) in [7, 11) is 0. The first-order valence-electron chi connectivity index (χ1n) is 7.74. The van der Waals surface area contributed by atoms with E-state index in [4.69, 9.17) is 0 Å². The molecule has 0 N–H and O–H groups in total. The second kappa shape index (κ2) is 6.07. The van der Waals surface area contributed by atoms with Crippen LogP contribution in [0.2, 0.25) is 0 Å². The van der Waals surface area contributed by atoms with E-state index in [2.05, 4.69) is 5.10 Å². The van der Waals surface area contributed by atoms with Crippen LogP contribution < -0.4 is 11.2 Å². The molecular weight excluding hydrogens is 342 g/mol. The fourth-order valence-electron chi connectivity index (χ4n) is 2.70. The van der Waals surface area contributed by atoms with Crippen LogP contribution in [0.25, 0.3) is 11.3 Å². The first-order chi connectivity index (χ1) is 12.5. The van der Waals surface area contributed by atoms with Gasteiger partial charge in [0.25, 0.3) is 0 Å². The maximum absolute atomic E-state index is 13.4. The van der Waals surface area contributed by atoms with E-state index in [0.717, 1.165) is 9.08 Å². The minimum atomic E-state index is -0.548. The molecule has 0 radical (unpaired) electrons. The van der Waals surface area contributed by atoms with Crippen LogP contribution in [0.3, 0.4) is 0 Å². The van der Waals surface area contributed by atoms with Gasteiger partial charge in [0.2, 0.25) is 5.65 Å². The maximum Gasteiger partial charge on any atom is 0.350 e. The van der Waals surface area contributed by atoms with Crippen LogP contribution in [-0.4, -0.2) is 18.7 Å². The third kappa shape index (κ3) is 2.71. The summed E-state index contributed by atoms with van der Waals surface area (Å²) in [5.41, 5.74) is -0.120. The molecule has 0 aliphatic heterocycles. The summed E-state index contributed by atoms with van der Waals surface area (Å²) >= 11 is 0. The summed E-state index contributed by atoms with van der Waals surface area (Å²) in [4.78, 5) is 25.1. The van der Waals surface area contributed by atoms with Gasteiger partial charge in [-0.15, -0.1) is 5.10 Å². The van der Waals surface area contributed by atoms with Crippen molar-refractivity contribution >= 4 is 5.65 Å². The molecule has 130 valence electrons. The quantitative estimate of drug-likeness (QED) is 0.565. The van der Waals surface area contributed by atoms with Gasteiger partial charge in [0.1, 0.15) is 11.6 Å². The van der Waals surface area contributed by atoms with Crippen LogP contribution in [0.4, 0.5) is 8.78 Å². The van der Waals surface area contributed by atoms with Gasteiger partial charge in [0, 0.05) is 12.4 Å². The standard InChI is InChI=1S/C18H12F2N4O2/c19-13-6-4-12(5-7-13)11-24-18(26)23-9-8-22(17(25)16(23)21-24)15-3-1-2-14(20)10-15/h1-10H,11H2. The number of halogens is 2. The summed E-state index contributed by atoms with van der Waals surface area (Å²) in [5.74, 6) is -0.859. The molecule has 0 unspecified atom stereocenters. The molecule has 2 heterocycles. The monoisotopic (exact) mass is 354 g/mol. The smallest absolute Gasteiger partial charge is 0.279 e. The molecule has 0 aliphatic carbocycles. The van der Waals surface area contributed by atoms with Crippen LogP contribution in [0.5, 0.6) is 0 Å². The molecule has 0 aliphatic rings. The number of hydrogen-bond donors (Lipinski definition) is 0. The van der Waals surface area contributed by atoms with E-state index in [9.17, 15) is 18.4 Å². The van der Waals surface area contributed by atoms with Gasteiger partial charge in [-0.2, -0.15) is 0 Å². The second-order valence-corrected chi connectivity index (χ2v) is 5.71. The average molecular weight is 354 g/mol. The van der Waals surface area contributed by atoms with Crippen LogP contribution in [0.1, 0.15) is 5.56 Å². The molecular formula is C18H12F2N4O2. The topological polar surface area (TPSA) is 61.3 Å². The second-order valence-electron chi connectivity index (χ2n) is 5.71. The van der Waals surface area contributed by atoms with Gasteiger partial charge in [-0.1, -0.05) is 18.2 Å². The molecule has 0 saturated heterocycles. The third-order valence-electron chi connectivity index (χ3n) is 3.98. The molecule has 0 atom stereocenters. The van der Waals surface area contributed by atoms with Gasteiger partial charge in [0.05, 0.1) is 12.2 Å². The predicted octanol–water partition coefficient (Wildman–Crippen LogP) is 1.97. The molecule has 26 heavy (non-hydrogen) atoms. The Balaban J connectivity index is 1.82. The van der Waals surface area contributed by atoms with E-state index in [1.165, 1.54) is 59.4 Å². The summed E-state index contributed by atoms with van der Waals surface area (Å²) in [5, 5.41) is 4.08. The molecule has 0 saturated carbocycles. The van der Waals surface area contributed by atoms with Crippen molar-refractivity contribution in [2.24, 2.45) is 0 Å². The molecule has 8 heteroatoms. The Kier molecular flexibility index (Phi) is 3.72. The SMILES string of the molecule is O=c1c2nn(Cc3ccc(F)cc3)c(=O)n2ccn1-c1cccc(F)c1. The molecule has 0 fully saturated rings. The highest BCUT2D eigenvalue weighted by Gasteiger charge is 2.13. The normalized spacial score (nSPS) is 11.2. The zero-order valence-electron chi connectivity index (χ0n) is 13.3. The van der Waals surface area contributed by atoms with Crippen molar-refractivity contribution in [2.45, 2.75) is 6.54 Å². The number of aromatic nitrogens is 4. The van der Waals surface area contributed by atoms with Crippen molar-refractivity contribution in [3.05, 3.63) is 99.0 Å². The Labute approximate surface area is 145 Å². The van der Waals surface area contributed by atoms with Crippen molar-refractivity contribution in [1.82, 2.24) is 18.7 Å². The van der Waals surface area contributed by atoms with E-state index in [0.29, 0.717) is 11.3 Å². The van der Waals surface area contributed by atoms with Crippen molar-refractivity contribution in [3.63, 3.8) is 0 Å². The van der Waals surface area contributed by atoms with Crippen molar-refractivity contribution < 1.29 is 8.78 Å². The number of hydrogen-bond acceptors (Lipinski definition) is 3. The fraction of sp³-hybridized carbons (Fsp3) is 0.0556. The Morgan fingerprint density at radius 3 is 2.42 bits per heavy atom. The summed E-state index contributed by atoms with van der Waals surface area (Å²) in [6.07, 6.45) is 2.79. The highest BCUT2D eigenvalue weighted by Crippen LogP contribution is 2.08. The molecule has 4 aromatic rings. The lowest BCUT2D eigenvalue weighted by Crippen LogP contribution is -2.24. The first-order valence-corrected chi connectivity index (χ1v) is 7.74. The van der Waals surface area contributed by atoms with Gasteiger partial charge in [0.15, 0.2) is 0 Å². The average Bonchev–Trinajstić information content (AvgIpc) is 2.94. The van der Waals surface area contributed by atoms with Gasteiger partial charge in [-0.05, 0) is 35.9 Å². The molecule has 0 spiro atoms. The molecule has 2 aromatic heterocycles. The Morgan fingerprint density at radius 1 is 0.923 bits per heavy atom. The van der Waals surface area contributed by atoms with E-state index in [-0.39, 0.29) is 18.0 Å². The van der Waals surface area contributed by atoms with Gasteiger partial charge in [-0.25, -0.2) is 22.7 Å². The van der Waals surface area contributed by atoms with Gasteiger partial charge in [-0.3, -0.25) is 9.36 Å². The lowest BCUT2D eigenvalue weighted by Gasteiger charge is -2.04. The zero-order chi connectivity index (χ0) is 18.3. The van der Waals surface area contributed by atoms with E-state index >= 15 is 0 Å². The molecule has 0 amide bonds. The summed E-state index contributed by atoms with van der Waals surface area (Å²) in [6, 6.07) is 11.2. The van der Waals surface area contributed by atoms with Crippen molar-refractivity contribution in [3.8, 4) is 5.69 Å². The number of fused-ring (bicyclic) bond motifs is 1. The first kappa shape index (κ1) is 15.9. The van der Waals surface area contributed by atoms with E-state index in [1.54, 1.807) is 6.07 Å². The highest BCUT2D eigenvalue weighted by atomic mass is 19.1. The van der Waals surface area contributed by atoms with Crippen molar-refractivity contribution in [2.75, 3.05) is 0 Å². The lowest BCUT2D eigenvalue weighted by molar-refractivity contribution is 0.622. The minimum Gasteiger partial charge on any atom is -0.279 e. The third-order valence-corrected chi connectivity index (χ3v) is 3.98. The number of rotatable bonds is 3. The molecule has 2 aromatic carbocycles. The summed E-state index contributed by atoms with van der Waals surface area (Å²) < 4.78 is 29.9. The molecule has 0 bridgehead atoms. The summed E-state index contributed by atoms with van der Waals surface area (Å²) in [6.45, 7) is 0.0974. The van der Waals surface area contributed by atoms with Crippen LogP contribution in [-0.2, 0) is 6.54 Å². The number of nitrogens with zero attached hydrogens (tertiary/aromatic N) is 4. The van der Waals surface area contributed by atoms with Crippen LogP contribution >= 0.6 is 0 Å². The predicted molar refractivity (Wildman–Crippen MR) is 90.5 cm³/mol. The minimum absolute atomic E-state index is 0.0797. The van der Waals surface area contributed by atoms with Crippen LogP contribution in [0, 0.1) is 11.6 Å². The van der Waals surface area contributed by atoms with Gasteiger partial charge >= 0.3 is 11.2 Å². The maximum atomic E-state index is 13.4. The van der Waals surface area contributed by atoms with E-state index in [1.807, 2.05) is 0 Å². The largest absolute Gasteiger partial charge is 0.350 e. The Bertz CT molecular complexity index is 1220. The Hall–Kier alpha value is -3.55. The van der Waals surface area contributed by atoms with E-state index < -0.39 is 17.1 Å². The van der Waals surface area contributed by atoms with Gasteiger partial charge < -0.3 is 0 Å². The molecule has 6 nitrogen and oxygen atoms in total. The Morgan fingerprint density at radius 2 is 1.69 bits per heavy atom. The highest BCUT2D eigenvalue weighted by molar-refractivity contribution is 5.40. The fourth-order valence-corrected chi connectivity index (χ4v) is 2.70. The zero-order valence-corrected chi connectivity index (χ0v) is 13.3.